The predicted octanol–water partition coefficient (Wildman–Crippen LogP) is 1.32. The molecule has 0 radical (unpaired) electrons. The molecule has 0 saturated carbocycles. The zero-order chi connectivity index (χ0) is 29.0. The van der Waals surface area contributed by atoms with Crippen molar-refractivity contribution in [1.29, 1.82) is 0 Å². The Kier molecular flexibility index (Phi) is 6.77. The minimum Gasteiger partial charge on any atom is -0.390 e. The normalized spacial score (nSPS) is 52.0. The summed E-state index contributed by atoms with van der Waals surface area (Å²) in [6.45, 7) is 11.9. The summed E-state index contributed by atoms with van der Waals surface area (Å²) in [5.74, 6) is -2.38. The number of nitrogens with zero attached hydrogens (tertiary/aromatic N) is 1. The summed E-state index contributed by atoms with van der Waals surface area (Å²) in [7, 11) is 0. The first kappa shape index (κ1) is 28.5. The highest BCUT2D eigenvalue weighted by atomic mass is 16.9. The van der Waals surface area contributed by atoms with Gasteiger partial charge in [0.05, 0.1) is 31.6 Å². The van der Waals surface area contributed by atoms with Crippen LogP contribution in [0.4, 0.5) is 0 Å². The van der Waals surface area contributed by atoms with E-state index in [0.717, 1.165) is 5.71 Å². The number of ether oxygens (including phenoxy) is 12. The van der Waals surface area contributed by atoms with Crippen LogP contribution in [0.3, 0.4) is 0 Å². The van der Waals surface area contributed by atoms with Crippen molar-refractivity contribution in [3.05, 3.63) is 0 Å². The fraction of sp³-hybridized carbons (Fsp3) is 0.964. The van der Waals surface area contributed by atoms with Gasteiger partial charge in [-0.15, -0.1) is 0 Å². The second kappa shape index (κ2) is 9.99. The molecule has 0 aliphatic carbocycles. The van der Waals surface area contributed by atoms with Crippen LogP contribution < -0.4 is 0 Å². The van der Waals surface area contributed by atoms with Gasteiger partial charge in [-0.3, -0.25) is 0 Å². The van der Waals surface area contributed by atoms with Crippen molar-refractivity contribution in [3.8, 4) is 0 Å². The van der Waals surface area contributed by atoms with Crippen molar-refractivity contribution in [3.63, 3.8) is 0 Å². The van der Waals surface area contributed by atoms with Crippen molar-refractivity contribution in [1.82, 2.24) is 0 Å². The lowest BCUT2D eigenvalue weighted by Crippen LogP contribution is -2.45. The Bertz CT molecular complexity index is 1080. The summed E-state index contributed by atoms with van der Waals surface area (Å²) < 4.78 is 75.1. The summed E-state index contributed by atoms with van der Waals surface area (Å²) in [5, 5.41) is 4.36. The average molecular weight is 600 g/mol. The summed E-state index contributed by atoms with van der Waals surface area (Å²) in [4.78, 5) is 5.75. The smallest absolute Gasteiger partial charge is 0.190 e. The van der Waals surface area contributed by atoms with Crippen LogP contribution in [0.2, 0.25) is 0 Å². The van der Waals surface area contributed by atoms with E-state index in [1.165, 1.54) is 0 Å². The zero-order valence-electron chi connectivity index (χ0n) is 24.8. The lowest BCUT2D eigenvalue weighted by Gasteiger charge is -2.31. The highest BCUT2D eigenvalue weighted by Gasteiger charge is 2.60. The van der Waals surface area contributed by atoms with E-state index >= 15 is 0 Å². The van der Waals surface area contributed by atoms with Crippen LogP contribution in [0.25, 0.3) is 0 Å². The number of hydrogen-bond acceptors (Lipinski definition) is 14. The third-order valence-corrected chi connectivity index (χ3v) is 8.87. The summed E-state index contributed by atoms with van der Waals surface area (Å²) in [5.41, 5.74) is 0.865. The van der Waals surface area contributed by atoms with Gasteiger partial charge in [0.15, 0.2) is 42.3 Å². The molecule has 42 heavy (non-hydrogen) atoms. The quantitative estimate of drug-likeness (QED) is 0.397. The standard InChI is InChI=1S/C28H41NO13/c1-26(2)36-20-17-14(33-23(20)39-26)8-12-7-13(42-29-12)9-30-18-15(34-24-21(18)37-27(3,4)40-24)11-32-19-16(10-31-17)35-25-22(19)38-28(5,6)41-25/h13-25H,7-11H2,1-6H3/t13?,14-,15-,16-,17+,18+,19+,20-,21-,22-,23-,24-,25-/m1/s1. The molecule has 7 fully saturated rings. The SMILES string of the molecule is CC1(C)O[C@H]2O[C@@H]3CO[C@@H]4[C@H]5OC(C)(C)O[C@H]5O[C@@H]4CO[C@@H]4[C@H]5OC(C)(C)O[C@H]5O[C@@H]4CC4=NOC(CO[C@@H]3[C@H]2O1)C4. The lowest BCUT2D eigenvalue weighted by molar-refractivity contribution is -0.242. The maximum Gasteiger partial charge on any atom is 0.190 e. The van der Waals surface area contributed by atoms with Gasteiger partial charge in [-0.2, -0.15) is 0 Å². The van der Waals surface area contributed by atoms with Crippen molar-refractivity contribution in [2.45, 2.75) is 152 Å². The second-order valence-electron chi connectivity index (χ2n) is 13.6. The Labute approximate surface area is 244 Å². The van der Waals surface area contributed by atoms with Crippen LogP contribution in [-0.2, 0) is 61.7 Å². The molecule has 236 valence electrons. The molecule has 8 heterocycles. The van der Waals surface area contributed by atoms with Crippen molar-refractivity contribution < 1.29 is 61.7 Å². The largest absolute Gasteiger partial charge is 0.390 e. The fourth-order valence-electron chi connectivity index (χ4n) is 7.24. The molecule has 2 bridgehead atoms. The van der Waals surface area contributed by atoms with Crippen LogP contribution in [0.15, 0.2) is 5.16 Å². The molecular weight excluding hydrogens is 558 g/mol. The Morgan fingerprint density at radius 1 is 0.500 bits per heavy atom. The van der Waals surface area contributed by atoms with E-state index < -0.39 is 85.1 Å². The highest BCUT2D eigenvalue weighted by Crippen LogP contribution is 2.44. The van der Waals surface area contributed by atoms with Gasteiger partial charge in [0.1, 0.15) is 48.8 Å². The summed E-state index contributed by atoms with van der Waals surface area (Å²) >= 11 is 0. The molecule has 8 rings (SSSR count). The molecule has 8 aliphatic rings. The Balaban J connectivity index is 1.05. The van der Waals surface area contributed by atoms with Gasteiger partial charge in [-0.1, -0.05) is 5.16 Å². The van der Waals surface area contributed by atoms with E-state index in [0.29, 0.717) is 19.4 Å². The number of fused-ring (bicyclic) bond motifs is 11. The molecule has 7 saturated heterocycles. The summed E-state index contributed by atoms with van der Waals surface area (Å²) in [6, 6.07) is 0. The molecular formula is C28H41NO13. The Morgan fingerprint density at radius 3 is 1.43 bits per heavy atom. The van der Waals surface area contributed by atoms with Crippen LogP contribution in [0.1, 0.15) is 54.4 Å². The fourth-order valence-corrected chi connectivity index (χ4v) is 7.24. The first-order valence-corrected chi connectivity index (χ1v) is 15.0. The molecule has 0 aromatic carbocycles. The minimum atomic E-state index is -0.808. The topological polar surface area (TPSA) is 132 Å². The van der Waals surface area contributed by atoms with E-state index in [-0.39, 0.29) is 25.4 Å². The first-order chi connectivity index (χ1) is 19.9. The zero-order valence-corrected chi connectivity index (χ0v) is 24.8. The van der Waals surface area contributed by atoms with Crippen LogP contribution in [0, 0.1) is 0 Å². The van der Waals surface area contributed by atoms with Gasteiger partial charge in [0.2, 0.25) is 0 Å². The number of rotatable bonds is 0. The maximum atomic E-state index is 6.54. The lowest BCUT2D eigenvalue weighted by atomic mass is 10.0. The molecule has 14 heteroatoms. The molecule has 0 aromatic rings. The van der Waals surface area contributed by atoms with E-state index in [1.54, 1.807) is 0 Å². The van der Waals surface area contributed by atoms with E-state index in [1.807, 2.05) is 41.5 Å². The third kappa shape index (κ3) is 5.11. The Hall–Kier alpha value is -1.01. The maximum absolute atomic E-state index is 6.54. The van der Waals surface area contributed by atoms with Crippen LogP contribution in [0.5, 0.6) is 0 Å². The monoisotopic (exact) mass is 599 g/mol. The van der Waals surface area contributed by atoms with Crippen LogP contribution >= 0.6 is 0 Å². The van der Waals surface area contributed by atoms with E-state index in [2.05, 4.69) is 5.16 Å². The molecule has 0 N–H and O–H groups in total. The van der Waals surface area contributed by atoms with Gasteiger partial charge < -0.3 is 61.7 Å². The molecule has 0 spiro atoms. The average Bonchev–Trinajstić information content (AvgIpc) is 3.71. The molecule has 0 aromatic heterocycles. The van der Waals surface area contributed by atoms with Gasteiger partial charge in [-0.25, -0.2) is 0 Å². The first-order valence-electron chi connectivity index (χ1n) is 15.0. The molecule has 8 aliphatic heterocycles. The molecule has 1 unspecified atom stereocenters. The van der Waals surface area contributed by atoms with Crippen LogP contribution in [-0.4, -0.2) is 123 Å². The third-order valence-electron chi connectivity index (χ3n) is 8.87. The van der Waals surface area contributed by atoms with Gasteiger partial charge >= 0.3 is 0 Å². The highest BCUT2D eigenvalue weighted by molar-refractivity contribution is 5.86. The van der Waals surface area contributed by atoms with Crippen molar-refractivity contribution in [2.75, 3.05) is 19.8 Å². The molecule has 0 amide bonds. The van der Waals surface area contributed by atoms with Gasteiger partial charge in [0.25, 0.3) is 0 Å². The van der Waals surface area contributed by atoms with E-state index in [4.69, 9.17) is 61.7 Å². The second-order valence-corrected chi connectivity index (χ2v) is 13.6. The molecule has 13 atom stereocenters. The summed E-state index contributed by atoms with van der Waals surface area (Å²) in [6.07, 6.45) is -4.80. The van der Waals surface area contributed by atoms with Crippen molar-refractivity contribution >= 4 is 5.71 Å². The molecule has 14 nitrogen and oxygen atoms in total. The predicted molar refractivity (Wildman–Crippen MR) is 137 cm³/mol. The van der Waals surface area contributed by atoms with Gasteiger partial charge in [-0.05, 0) is 41.5 Å². The van der Waals surface area contributed by atoms with Crippen molar-refractivity contribution in [2.24, 2.45) is 5.16 Å². The minimum absolute atomic E-state index is 0.195. The van der Waals surface area contributed by atoms with E-state index in [9.17, 15) is 0 Å². The van der Waals surface area contributed by atoms with Gasteiger partial charge in [0, 0.05) is 12.8 Å². The Morgan fingerprint density at radius 2 is 0.929 bits per heavy atom. The number of hydrogen-bond donors (Lipinski definition) is 0. The number of oxime groups is 1.